The average Bonchev–Trinajstić information content (AvgIpc) is 2.72. The van der Waals surface area contributed by atoms with Crippen molar-refractivity contribution < 1.29 is 14.6 Å². The first-order valence-electron chi connectivity index (χ1n) is 5.26. The molecule has 7 nitrogen and oxygen atoms in total. The molecule has 0 aliphatic carbocycles. The molecule has 3 atom stereocenters. The van der Waals surface area contributed by atoms with Crippen LogP contribution in [-0.4, -0.2) is 40.6 Å². The van der Waals surface area contributed by atoms with Crippen LogP contribution in [0.4, 0.5) is 0 Å². The van der Waals surface area contributed by atoms with Gasteiger partial charge in [0.15, 0.2) is 0 Å². The third kappa shape index (κ3) is 2.31. The molecule has 94 valence electrons. The molecule has 0 aromatic carbocycles. The predicted octanol–water partition coefficient (Wildman–Crippen LogP) is -1.17. The van der Waals surface area contributed by atoms with E-state index in [1.165, 1.54) is 23.9 Å². The van der Waals surface area contributed by atoms with Gasteiger partial charge in [0.05, 0.1) is 12.7 Å². The van der Waals surface area contributed by atoms with Gasteiger partial charge in [0, 0.05) is 25.8 Å². The van der Waals surface area contributed by atoms with E-state index in [1.807, 2.05) is 0 Å². The molecule has 0 amide bonds. The lowest BCUT2D eigenvalue weighted by atomic mass is 10.2. The van der Waals surface area contributed by atoms with Gasteiger partial charge in [0.25, 0.3) is 5.56 Å². The van der Waals surface area contributed by atoms with Crippen LogP contribution in [0.15, 0.2) is 21.9 Å². The second-order valence-corrected chi connectivity index (χ2v) is 3.84. The Hall–Kier alpha value is -1.44. The molecule has 2 heterocycles. The Bertz CT molecular complexity index is 482. The van der Waals surface area contributed by atoms with Gasteiger partial charge in [-0.1, -0.05) is 0 Å². The highest BCUT2D eigenvalue weighted by molar-refractivity contribution is 4.88. The summed E-state index contributed by atoms with van der Waals surface area (Å²) < 4.78 is 11.9. The van der Waals surface area contributed by atoms with Crippen LogP contribution < -0.4 is 11.2 Å². The molecule has 0 bridgehead atoms. The number of nitrogens with zero attached hydrogens (tertiary/aromatic N) is 1. The number of hydrogen-bond donors (Lipinski definition) is 2. The Balaban J connectivity index is 2.25. The predicted molar refractivity (Wildman–Crippen MR) is 57.7 cm³/mol. The van der Waals surface area contributed by atoms with E-state index in [2.05, 4.69) is 4.98 Å². The Morgan fingerprint density at radius 2 is 2.41 bits per heavy atom. The molecule has 0 saturated carbocycles. The second-order valence-electron chi connectivity index (χ2n) is 3.84. The number of ether oxygens (including phenoxy) is 2. The first-order valence-corrected chi connectivity index (χ1v) is 5.26. The number of methoxy groups -OCH3 is 1. The summed E-state index contributed by atoms with van der Waals surface area (Å²) in [5.41, 5.74) is -0.984. The van der Waals surface area contributed by atoms with Crippen LogP contribution in [0.2, 0.25) is 0 Å². The summed E-state index contributed by atoms with van der Waals surface area (Å²) in [4.78, 5) is 24.6. The van der Waals surface area contributed by atoms with Gasteiger partial charge in [0.2, 0.25) is 0 Å². The Labute approximate surface area is 96.6 Å². The van der Waals surface area contributed by atoms with E-state index in [9.17, 15) is 9.59 Å². The normalized spacial score (nSPS) is 28.5. The lowest BCUT2D eigenvalue weighted by molar-refractivity contribution is -0.0535. The molecule has 17 heavy (non-hydrogen) atoms. The highest BCUT2D eigenvalue weighted by atomic mass is 16.6. The molecule has 1 aliphatic rings. The lowest BCUT2D eigenvalue weighted by Crippen LogP contribution is -2.31. The minimum absolute atomic E-state index is 0.174. The Morgan fingerprint density at radius 1 is 1.65 bits per heavy atom. The maximum absolute atomic E-state index is 11.5. The van der Waals surface area contributed by atoms with Crippen LogP contribution in [0.5, 0.6) is 0 Å². The van der Waals surface area contributed by atoms with Crippen molar-refractivity contribution in [3.05, 3.63) is 33.1 Å². The molecule has 1 aliphatic heterocycles. The monoisotopic (exact) mass is 242 g/mol. The van der Waals surface area contributed by atoms with Gasteiger partial charge in [-0.3, -0.25) is 14.3 Å². The standard InChI is InChI=1S/C10H14N2O5/c1-16-6-4-9(17-7(6)5-13)12-3-2-8(14)11-10(12)15/h2-3,6-7,9,13H,4-5H2,1H3,(H,11,14,15)/t6-,7?,9?/m0/s1. The van der Waals surface area contributed by atoms with E-state index < -0.39 is 23.6 Å². The van der Waals surface area contributed by atoms with Gasteiger partial charge in [-0.25, -0.2) is 4.79 Å². The molecule has 2 unspecified atom stereocenters. The topological polar surface area (TPSA) is 93.6 Å². The molecular formula is C10H14N2O5. The van der Waals surface area contributed by atoms with Gasteiger partial charge >= 0.3 is 5.69 Å². The molecule has 2 rings (SSSR count). The molecule has 0 radical (unpaired) electrons. The van der Waals surface area contributed by atoms with Crippen LogP contribution >= 0.6 is 0 Å². The van der Waals surface area contributed by atoms with E-state index in [4.69, 9.17) is 14.6 Å². The minimum atomic E-state index is -0.532. The summed E-state index contributed by atoms with van der Waals surface area (Å²) >= 11 is 0. The highest BCUT2D eigenvalue weighted by Crippen LogP contribution is 2.28. The fraction of sp³-hybridized carbons (Fsp3) is 0.600. The van der Waals surface area contributed by atoms with Crippen molar-refractivity contribution in [3.63, 3.8) is 0 Å². The third-order valence-electron chi connectivity index (χ3n) is 2.82. The van der Waals surface area contributed by atoms with E-state index in [0.717, 1.165) is 0 Å². The van der Waals surface area contributed by atoms with Gasteiger partial charge < -0.3 is 14.6 Å². The summed E-state index contributed by atoms with van der Waals surface area (Å²) in [6.45, 7) is -0.174. The smallest absolute Gasteiger partial charge is 0.330 e. The number of hydrogen-bond acceptors (Lipinski definition) is 5. The average molecular weight is 242 g/mol. The number of nitrogens with one attached hydrogen (secondary N) is 1. The lowest BCUT2D eigenvalue weighted by Gasteiger charge is -2.14. The molecule has 1 aromatic heterocycles. The van der Waals surface area contributed by atoms with Gasteiger partial charge in [-0.05, 0) is 0 Å². The van der Waals surface area contributed by atoms with Gasteiger partial charge in [0.1, 0.15) is 12.3 Å². The second kappa shape index (κ2) is 4.82. The summed E-state index contributed by atoms with van der Waals surface area (Å²) in [7, 11) is 1.52. The van der Waals surface area contributed by atoms with Crippen molar-refractivity contribution in [2.45, 2.75) is 24.9 Å². The van der Waals surface area contributed by atoms with Gasteiger partial charge in [-0.2, -0.15) is 0 Å². The Morgan fingerprint density at radius 3 is 2.94 bits per heavy atom. The van der Waals surface area contributed by atoms with E-state index in [1.54, 1.807) is 0 Å². The number of aliphatic hydroxyl groups excluding tert-OH is 1. The minimum Gasteiger partial charge on any atom is -0.394 e. The van der Waals surface area contributed by atoms with Crippen molar-refractivity contribution in [2.24, 2.45) is 0 Å². The largest absolute Gasteiger partial charge is 0.394 e. The zero-order valence-electron chi connectivity index (χ0n) is 9.33. The maximum Gasteiger partial charge on any atom is 0.330 e. The molecule has 1 saturated heterocycles. The maximum atomic E-state index is 11.5. The van der Waals surface area contributed by atoms with Crippen molar-refractivity contribution in [1.29, 1.82) is 0 Å². The molecular weight excluding hydrogens is 228 g/mol. The highest BCUT2D eigenvalue weighted by Gasteiger charge is 2.36. The third-order valence-corrected chi connectivity index (χ3v) is 2.82. The Kier molecular flexibility index (Phi) is 3.41. The first-order chi connectivity index (χ1) is 8.15. The number of rotatable bonds is 3. The summed E-state index contributed by atoms with van der Waals surface area (Å²) in [6.07, 6.45) is 0.584. The summed E-state index contributed by atoms with van der Waals surface area (Å²) in [5.74, 6) is 0. The van der Waals surface area contributed by atoms with Crippen molar-refractivity contribution in [2.75, 3.05) is 13.7 Å². The fourth-order valence-electron chi connectivity index (χ4n) is 1.94. The quantitative estimate of drug-likeness (QED) is 0.696. The van der Waals surface area contributed by atoms with E-state index in [-0.39, 0.29) is 12.7 Å². The van der Waals surface area contributed by atoms with Crippen LogP contribution in [0, 0.1) is 0 Å². The molecule has 1 fully saturated rings. The number of aromatic nitrogens is 2. The zero-order valence-corrected chi connectivity index (χ0v) is 9.33. The van der Waals surface area contributed by atoms with Crippen LogP contribution in [0.3, 0.4) is 0 Å². The summed E-state index contributed by atoms with van der Waals surface area (Å²) in [5, 5.41) is 9.10. The molecule has 0 spiro atoms. The van der Waals surface area contributed by atoms with Crippen molar-refractivity contribution in [1.82, 2.24) is 9.55 Å². The first kappa shape index (κ1) is 12.0. The molecule has 2 N–H and O–H groups in total. The van der Waals surface area contributed by atoms with E-state index in [0.29, 0.717) is 6.42 Å². The zero-order chi connectivity index (χ0) is 12.4. The molecule has 7 heteroatoms. The SMILES string of the molecule is CO[C@H]1CC(n2ccc(=O)[nH]c2=O)OC1CO. The van der Waals surface area contributed by atoms with E-state index >= 15 is 0 Å². The summed E-state index contributed by atoms with van der Waals surface area (Å²) in [6, 6.07) is 1.25. The number of H-pyrrole nitrogens is 1. The van der Waals surface area contributed by atoms with Gasteiger partial charge in [-0.15, -0.1) is 0 Å². The van der Waals surface area contributed by atoms with Crippen LogP contribution in [0.25, 0.3) is 0 Å². The number of aliphatic hydroxyl groups is 1. The van der Waals surface area contributed by atoms with Crippen LogP contribution in [-0.2, 0) is 9.47 Å². The van der Waals surface area contributed by atoms with Crippen molar-refractivity contribution in [3.8, 4) is 0 Å². The van der Waals surface area contributed by atoms with Crippen LogP contribution in [0.1, 0.15) is 12.6 Å². The number of aromatic amines is 1. The van der Waals surface area contributed by atoms with Crippen molar-refractivity contribution >= 4 is 0 Å². The molecule has 1 aromatic rings. The fourth-order valence-corrected chi connectivity index (χ4v) is 1.94.